The number of benzene rings is 1. The largest absolute Gasteiger partial charge is 0.336 e. The second kappa shape index (κ2) is 6.34. The van der Waals surface area contributed by atoms with Crippen molar-refractivity contribution in [1.82, 2.24) is 10.2 Å². The number of carbonyl (C=O) groups excluding carboxylic acids is 1. The summed E-state index contributed by atoms with van der Waals surface area (Å²) in [5.41, 5.74) is 0.778. The predicted molar refractivity (Wildman–Crippen MR) is 76.7 cm³/mol. The number of amides is 1. The van der Waals surface area contributed by atoms with Gasteiger partial charge in [0.2, 0.25) is 0 Å². The highest BCUT2D eigenvalue weighted by Gasteiger charge is 2.28. The SMILES string of the molecule is CNCCC1CCCN1C(=O)c1cccc(Br)c1. The molecule has 1 unspecified atom stereocenters. The summed E-state index contributed by atoms with van der Waals surface area (Å²) in [6.07, 6.45) is 3.28. The molecule has 1 aliphatic rings. The average Bonchev–Trinajstić information content (AvgIpc) is 2.83. The standard InChI is InChI=1S/C14H19BrN2O/c1-16-8-7-13-6-3-9-17(13)14(18)11-4-2-5-12(15)10-11/h2,4-5,10,13,16H,3,6-9H2,1H3. The Bertz CT molecular complexity index is 422. The Morgan fingerprint density at radius 3 is 3.11 bits per heavy atom. The fourth-order valence-electron chi connectivity index (χ4n) is 2.50. The van der Waals surface area contributed by atoms with E-state index in [0.29, 0.717) is 6.04 Å². The normalized spacial score (nSPS) is 19.2. The molecule has 0 aliphatic carbocycles. The molecule has 0 radical (unpaired) electrons. The van der Waals surface area contributed by atoms with Crippen LogP contribution in [-0.2, 0) is 0 Å². The van der Waals surface area contributed by atoms with Crippen molar-refractivity contribution < 1.29 is 4.79 Å². The Hall–Kier alpha value is -0.870. The van der Waals surface area contributed by atoms with Crippen molar-refractivity contribution in [3.63, 3.8) is 0 Å². The van der Waals surface area contributed by atoms with E-state index in [1.807, 2.05) is 36.2 Å². The zero-order valence-electron chi connectivity index (χ0n) is 10.7. The van der Waals surface area contributed by atoms with Crippen molar-refractivity contribution in [1.29, 1.82) is 0 Å². The molecule has 1 saturated heterocycles. The first-order valence-corrected chi connectivity index (χ1v) is 7.23. The van der Waals surface area contributed by atoms with Gasteiger partial charge in [-0.05, 0) is 51.1 Å². The molecule has 1 aromatic carbocycles. The van der Waals surface area contributed by atoms with Crippen molar-refractivity contribution in [2.75, 3.05) is 20.1 Å². The van der Waals surface area contributed by atoms with Crippen LogP contribution in [0.5, 0.6) is 0 Å². The third-order valence-corrected chi connectivity index (χ3v) is 3.93. The predicted octanol–water partition coefficient (Wildman–Crippen LogP) is 2.66. The van der Waals surface area contributed by atoms with Gasteiger partial charge in [-0.15, -0.1) is 0 Å². The average molecular weight is 311 g/mol. The van der Waals surface area contributed by atoms with Crippen LogP contribution in [0.15, 0.2) is 28.7 Å². The number of hydrogen-bond acceptors (Lipinski definition) is 2. The monoisotopic (exact) mass is 310 g/mol. The summed E-state index contributed by atoms with van der Waals surface area (Å²) in [5, 5.41) is 3.16. The first-order valence-electron chi connectivity index (χ1n) is 6.43. The topological polar surface area (TPSA) is 32.3 Å². The summed E-state index contributed by atoms with van der Waals surface area (Å²) >= 11 is 3.42. The highest BCUT2D eigenvalue weighted by Crippen LogP contribution is 2.23. The van der Waals surface area contributed by atoms with Crippen LogP contribution in [0.2, 0.25) is 0 Å². The van der Waals surface area contributed by atoms with Gasteiger partial charge in [0.25, 0.3) is 5.91 Å². The van der Waals surface area contributed by atoms with Gasteiger partial charge >= 0.3 is 0 Å². The molecule has 1 N–H and O–H groups in total. The number of rotatable bonds is 4. The lowest BCUT2D eigenvalue weighted by Gasteiger charge is -2.24. The quantitative estimate of drug-likeness (QED) is 0.927. The molecule has 4 heteroatoms. The smallest absolute Gasteiger partial charge is 0.254 e. The van der Waals surface area contributed by atoms with E-state index in [4.69, 9.17) is 0 Å². The minimum atomic E-state index is 0.162. The molecule has 1 amide bonds. The van der Waals surface area contributed by atoms with Gasteiger partial charge in [0.1, 0.15) is 0 Å². The second-order valence-corrected chi connectivity index (χ2v) is 5.61. The zero-order chi connectivity index (χ0) is 13.0. The van der Waals surface area contributed by atoms with E-state index >= 15 is 0 Å². The molecule has 0 aromatic heterocycles. The summed E-state index contributed by atoms with van der Waals surface area (Å²) < 4.78 is 0.958. The molecule has 0 bridgehead atoms. The number of carbonyl (C=O) groups is 1. The van der Waals surface area contributed by atoms with Crippen LogP contribution in [0.4, 0.5) is 0 Å². The molecular weight excluding hydrogens is 292 g/mol. The Morgan fingerprint density at radius 2 is 2.39 bits per heavy atom. The molecule has 0 saturated carbocycles. The molecular formula is C14H19BrN2O. The van der Waals surface area contributed by atoms with E-state index in [9.17, 15) is 4.79 Å². The maximum Gasteiger partial charge on any atom is 0.254 e. The first-order chi connectivity index (χ1) is 8.72. The lowest BCUT2D eigenvalue weighted by atomic mass is 10.1. The fourth-order valence-corrected chi connectivity index (χ4v) is 2.90. The van der Waals surface area contributed by atoms with Gasteiger partial charge in [0.05, 0.1) is 0 Å². The maximum absolute atomic E-state index is 12.5. The van der Waals surface area contributed by atoms with E-state index in [1.165, 1.54) is 0 Å². The molecule has 1 atom stereocenters. The van der Waals surface area contributed by atoms with Crippen molar-refractivity contribution in [3.05, 3.63) is 34.3 Å². The molecule has 1 heterocycles. The van der Waals surface area contributed by atoms with E-state index in [1.54, 1.807) is 0 Å². The Labute approximate surface area is 117 Å². The number of nitrogens with zero attached hydrogens (tertiary/aromatic N) is 1. The van der Waals surface area contributed by atoms with Gasteiger partial charge in [0.15, 0.2) is 0 Å². The van der Waals surface area contributed by atoms with Crippen LogP contribution in [0.25, 0.3) is 0 Å². The van der Waals surface area contributed by atoms with E-state index in [2.05, 4.69) is 21.2 Å². The third kappa shape index (κ3) is 3.12. The van der Waals surface area contributed by atoms with E-state index < -0.39 is 0 Å². The van der Waals surface area contributed by atoms with Gasteiger partial charge in [0, 0.05) is 22.6 Å². The van der Waals surface area contributed by atoms with Gasteiger partial charge in [-0.2, -0.15) is 0 Å². The second-order valence-electron chi connectivity index (χ2n) is 4.70. The van der Waals surface area contributed by atoms with Crippen LogP contribution >= 0.6 is 15.9 Å². The number of hydrogen-bond donors (Lipinski definition) is 1. The lowest BCUT2D eigenvalue weighted by Crippen LogP contribution is -2.37. The van der Waals surface area contributed by atoms with Crippen LogP contribution in [0, 0.1) is 0 Å². The molecule has 1 fully saturated rings. The van der Waals surface area contributed by atoms with Crippen LogP contribution in [-0.4, -0.2) is 37.0 Å². The van der Waals surface area contributed by atoms with Crippen molar-refractivity contribution in [2.24, 2.45) is 0 Å². The molecule has 1 aromatic rings. The summed E-state index contributed by atoms with van der Waals surface area (Å²) in [7, 11) is 1.95. The number of nitrogens with one attached hydrogen (secondary N) is 1. The number of likely N-dealkylation sites (tertiary alicyclic amines) is 1. The van der Waals surface area contributed by atoms with Crippen molar-refractivity contribution in [3.8, 4) is 0 Å². The zero-order valence-corrected chi connectivity index (χ0v) is 12.2. The van der Waals surface area contributed by atoms with E-state index in [-0.39, 0.29) is 5.91 Å². The lowest BCUT2D eigenvalue weighted by molar-refractivity contribution is 0.0731. The van der Waals surface area contributed by atoms with Crippen LogP contribution in [0.1, 0.15) is 29.6 Å². The maximum atomic E-state index is 12.5. The number of halogens is 1. The minimum absolute atomic E-state index is 0.162. The van der Waals surface area contributed by atoms with Crippen molar-refractivity contribution in [2.45, 2.75) is 25.3 Å². The summed E-state index contributed by atoms with van der Waals surface area (Å²) in [6, 6.07) is 8.04. The fraction of sp³-hybridized carbons (Fsp3) is 0.500. The molecule has 1 aliphatic heterocycles. The molecule has 3 nitrogen and oxygen atoms in total. The third-order valence-electron chi connectivity index (χ3n) is 3.44. The Morgan fingerprint density at radius 1 is 1.56 bits per heavy atom. The van der Waals surface area contributed by atoms with Gasteiger partial charge in [-0.1, -0.05) is 22.0 Å². The summed E-state index contributed by atoms with van der Waals surface area (Å²) in [4.78, 5) is 14.5. The van der Waals surface area contributed by atoms with E-state index in [0.717, 1.165) is 42.4 Å². The van der Waals surface area contributed by atoms with Crippen molar-refractivity contribution >= 4 is 21.8 Å². The Kier molecular flexibility index (Phi) is 4.78. The molecule has 0 spiro atoms. The highest BCUT2D eigenvalue weighted by atomic mass is 79.9. The van der Waals surface area contributed by atoms with Gasteiger partial charge in [-0.3, -0.25) is 4.79 Å². The van der Waals surface area contributed by atoms with Gasteiger partial charge in [-0.25, -0.2) is 0 Å². The molecule has 18 heavy (non-hydrogen) atoms. The Balaban J connectivity index is 2.08. The van der Waals surface area contributed by atoms with Crippen LogP contribution < -0.4 is 5.32 Å². The van der Waals surface area contributed by atoms with Gasteiger partial charge < -0.3 is 10.2 Å². The molecule has 2 rings (SSSR count). The minimum Gasteiger partial charge on any atom is -0.336 e. The highest BCUT2D eigenvalue weighted by molar-refractivity contribution is 9.10. The summed E-state index contributed by atoms with van der Waals surface area (Å²) in [5.74, 6) is 0.162. The van der Waals surface area contributed by atoms with Crippen LogP contribution in [0.3, 0.4) is 0 Å². The summed E-state index contributed by atoms with van der Waals surface area (Å²) in [6.45, 7) is 1.85. The first kappa shape index (κ1) is 13.6. The molecule has 98 valence electrons.